The van der Waals surface area contributed by atoms with Crippen molar-refractivity contribution in [3.8, 4) is 0 Å². The second-order valence-electron chi connectivity index (χ2n) is 13.4. The lowest BCUT2D eigenvalue weighted by molar-refractivity contribution is -0.956. The van der Waals surface area contributed by atoms with E-state index in [2.05, 4.69) is 6.92 Å². The minimum absolute atomic E-state index is 0.178. The van der Waals surface area contributed by atoms with Gasteiger partial charge in [0.15, 0.2) is 0 Å². The lowest BCUT2D eigenvalue weighted by Crippen LogP contribution is -2.60. The van der Waals surface area contributed by atoms with Gasteiger partial charge in [-0.2, -0.15) is 0 Å². The van der Waals surface area contributed by atoms with E-state index in [1.54, 1.807) is 0 Å². The number of hydrogen-bond donors (Lipinski definition) is 0. The van der Waals surface area contributed by atoms with E-state index < -0.39 is 17.7 Å². The summed E-state index contributed by atoms with van der Waals surface area (Å²) < 4.78 is 19.3. The lowest BCUT2D eigenvalue weighted by atomic mass is 9.85. The number of ether oxygens (including phenoxy) is 3. The van der Waals surface area contributed by atoms with Crippen LogP contribution >= 0.6 is 0 Å². The summed E-state index contributed by atoms with van der Waals surface area (Å²) in [5.74, 6) is -0.537. The van der Waals surface area contributed by atoms with Crippen LogP contribution in [-0.4, -0.2) is 54.5 Å². The van der Waals surface area contributed by atoms with E-state index in [0.29, 0.717) is 23.2 Å². The van der Waals surface area contributed by atoms with Crippen molar-refractivity contribution in [1.29, 1.82) is 0 Å². The van der Waals surface area contributed by atoms with E-state index in [4.69, 9.17) is 14.2 Å². The second-order valence-corrected chi connectivity index (χ2v) is 13.4. The first kappa shape index (κ1) is 32.5. The molecule has 240 valence electrons. The number of rotatable bonds is 16. The summed E-state index contributed by atoms with van der Waals surface area (Å²) in [5, 5.41) is 0. The maximum absolute atomic E-state index is 14.4. The Morgan fingerprint density at radius 1 is 0.727 bits per heavy atom. The van der Waals surface area contributed by atoms with Crippen molar-refractivity contribution < 1.29 is 28.3 Å². The molecule has 44 heavy (non-hydrogen) atoms. The number of quaternary nitrogens is 1. The third-order valence-corrected chi connectivity index (χ3v) is 10.6. The van der Waals surface area contributed by atoms with Gasteiger partial charge in [0.05, 0.1) is 31.8 Å². The molecule has 0 radical (unpaired) electrons. The Morgan fingerprint density at radius 2 is 1.23 bits per heavy atom. The third-order valence-electron chi connectivity index (χ3n) is 10.6. The molecule has 3 aliphatic rings. The van der Waals surface area contributed by atoms with E-state index in [9.17, 15) is 9.59 Å². The highest BCUT2D eigenvalue weighted by Crippen LogP contribution is 2.47. The molecule has 2 unspecified atom stereocenters. The fourth-order valence-corrected chi connectivity index (χ4v) is 8.35. The highest BCUT2D eigenvalue weighted by molar-refractivity contribution is 5.88. The number of nitrogens with zero attached hydrogens (tertiary/aromatic N) is 1. The maximum atomic E-state index is 14.4. The van der Waals surface area contributed by atoms with Crippen LogP contribution in [-0.2, 0) is 24.6 Å². The Labute approximate surface area is 265 Å². The summed E-state index contributed by atoms with van der Waals surface area (Å²) in [5.41, 5.74) is -0.615. The van der Waals surface area contributed by atoms with Gasteiger partial charge in [-0.15, -0.1) is 0 Å². The van der Waals surface area contributed by atoms with Gasteiger partial charge in [-0.1, -0.05) is 125 Å². The van der Waals surface area contributed by atoms with Crippen molar-refractivity contribution >= 4 is 12.1 Å². The minimum Gasteiger partial charge on any atom is -0.458 e. The predicted molar refractivity (Wildman–Crippen MR) is 173 cm³/mol. The topological polar surface area (TPSA) is 61.8 Å². The normalized spacial score (nSPS) is 22.2. The van der Waals surface area contributed by atoms with Gasteiger partial charge in [0, 0.05) is 49.7 Å². The van der Waals surface area contributed by atoms with Crippen LogP contribution in [0.25, 0.3) is 0 Å². The van der Waals surface area contributed by atoms with E-state index in [0.717, 1.165) is 32.1 Å². The standard InChI is InChI=1S/C38H54NO5/c1-2-3-4-5-6-7-8-9-10-19-28-42-37(41)44-38(31-20-13-11-14-21-31,32-22-15-12-16-23-32)36(40)43-35-29-33-24-25-34(30-35)39(33)26-17-18-27-39/h11-16,20-23,33-35H,2-10,17-19,24-30H2,1H3/q+1. The number of piperidine rings is 1. The Morgan fingerprint density at radius 3 is 1.75 bits per heavy atom. The molecule has 2 aromatic carbocycles. The first-order chi connectivity index (χ1) is 21.6. The van der Waals surface area contributed by atoms with Crippen LogP contribution in [0, 0.1) is 0 Å². The number of unbranched alkanes of at least 4 members (excludes halogenated alkanes) is 9. The van der Waals surface area contributed by atoms with Crippen molar-refractivity contribution in [3.05, 3.63) is 71.8 Å². The maximum Gasteiger partial charge on any atom is 0.510 e. The average Bonchev–Trinajstić information content (AvgIpc) is 3.59. The fourth-order valence-electron chi connectivity index (χ4n) is 8.35. The van der Waals surface area contributed by atoms with Crippen molar-refractivity contribution in [2.24, 2.45) is 0 Å². The summed E-state index contributed by atoms with van der Waals surface area (Å²) in [4.78, 5) is 27.7. The summed E-state index contributed by atoms with van der Waals surface area (Å²) in [7, 11) is 0. The predicted octanol–water partition coefficient (Wildman–Crippen LogP) is 8.85. The first-order valence-corrected chi connectivity index (χ1v) is 17.6. The van der Waals surface area contributed by atoms with Gasteiger partial charge in [0.25, 0.3) is 5.60 Å². The van der Waals surface area contributed by atoms with Gasteiger partial charge in [-0.05, 0) is 6.42 Å². The summed E-state index contributed by atoms with van der Waals surface area (Å²) in [6.45, 7) is 5.05. The molecule has 2 bridgehead atoms. The molecule has 0 saturated carbocycles. The molecule has 0 aliphatic carbocycles. The minimum atomic E-state index is -1.74. The number of hydrogen-bond acceptors (Lipinski definition) is 5. The van der Waals surface area contributed by atoms with Crippen LogP contribution in [0.3, 0.4) is 0 Å². The van der Waals surface area contributed by atoms with Crippen molar-refractivity contribution in [2.45, 2.75) is 133 Å². The second kappa shape index (κ2) is 15.9. The van der Waals surface area contributed by atoms with Crippen LogP contribution in [0.1, 0.15) is 121 Å². The summed E-state index contributed by atoms with van der Waals surface area (Å²) in [6.07, 6.45) is 17.8. The van der Waals surface area contributed by atoms with Gasteiger partial charge in [0.1, 0.15) is 6.10 Å². The van der Waals surface area contributed by atoms with Crippen LogP contribution in [0.5, 0.6) is 0 Å². The van der Waals surface area contributed by atoms with Crippen LogP contribution in [0.15, 0.2) is 60.7 Å². The Hall–Kier alpha value is -2.86. The zero-order valence-electron chi connectivity index (χ0n) is 26.9. The number of benzene rings is 2. The summed E-state index contributed by atoms with van der Waals surface area (Å²) >= 11 is 0. The molecule has 3 saturated heterocycles. The molecule has 3 aliphatic heterocycles. The number of esters is 1. The smallest absolute Gasteiger partial charge is 0.458 e. The van der Waals surface area contributed by atoms with Gasteiger partial charge >= 0.3 is 12.1 Å². The van der Waals surface area contributed by atoms with Gasteiger partial charge in [-0.25, -0.2) is 9.59 Å². The zero-order valence-corrected chi connectivity index (χ0v) is 26.9. The van der Waals surface area contributed by atoms with Gasteiger partial charge in [-0.3, -0.25) is 0 Å². The summed E-state index contributed by atoms with van der Waals surface area (Å²) in [6, 6.07) is 19.7. The van der Waals surface area contributed by atoms with Crippen LogP contribution < -0.4 is 0 Å². The Bertz CT molecular complexity index is 1110. The van der Waals surface area contributed by atoms with Crippen molar-refractivity contribution in [1.82, 2.24) is 0 Å². The monoisotopic (exact) mass is 604 g/mol. The molecule has 2 atom stereocenters. The quantitative estimate of drug-likeness (QED) is 0.109. The molecule has 0 amide bonds. The lowest BCUT2D eigenvalue weighted by Gasteiger charge is -2.47. The molecule has 0 aromatic heterocycles. The molecule has 6 nitrogen and oxygen atoms in total. The van der Waals surface area contributed by atoms with Crippen molar-refractivity contribution in [3.63, 3.8) is 0 Å². The molecule has 3 heterocycles. The molecular weight excluding hydrogens is 550 g/mol. The molecule has 5 rings (SSSR count). The molecule has 6 heteroatoms. The molecule has 0 N–H and O–H groups in total. The van der Waals surface area contributed by atoms with Crippen LogP contribution in [0.2, 0.25) is 0 Å². The first-order valence-electron chi connectivity index (χ1n) is 17.6. The van der Waals surface area contributed by atoms with Crippen LogP contribution in [0.4, 0.5) is 4.79 Å². The van der Waals surface area contributed by atoms with E-state index in [1.807, 2.05) is 60.7 Å². The van der Waals surface area contributed by atoms with Crippen molar-refractivity contribution in [2.75, 3.05) is 19.7 Å². The Balaban J connectivity index is 1.23. The third kappa shape index (κ3) is 7.50. The van der Waals surface area contributed by atoms with Gasteiger partial charge in [0.2, 0.25) is 0 Å². The average molecular weight is 605 g/mol. The fraction of sp³-hybridized carbons (Fsp3) is 0.632. The highest BCUT2D eigenvalue weighted by atomic mass is 16.7. The molecule has 3 fully saturated rings. The number of carbonyl (C=O) groups is 2. The SMILES string of the molecule is CCCCCCCCCCCCOC(=O)OC(C(=O)OC1CC2CCC(C1)[N+]21CCCC1)(c1ccccc1)c1ccccc1. The van der Waals surface area contributed by atoms with E-state index >= 15 is 0 Å². The molecule has 2 aromatic rings. The zero-order chi connectivity index (χ0) is 30.7. The van der Waals surface area contributed by atoms with E-state index in [1.165, 1.54) is 88.2 Å². The molecule has 1 spiro atoms. The molecular formula is C38H54NO5+. The van der Waals surface area contributed by atoms with Gasteiger partial charge < -0.3 is 18.7 Å². The Kier molecular flexibility index (Phi) is 11.8. The van der Waals surface area contributed by atoms with E-state index in [-0.39, 0.29) is 12.7 Å². The highest BCUT2D eigenvalue weighted by Gasteiger charge is 2.57. The largest absolute Gasteiger partial charge is 0.510 e. The number of carbonyl (C=O) groups excluding carboxylic acids is 2.